The highest BCUT2D eigenvalue weighted by molar-refractivity contribution is 5.30. The van der Waals surface area contributed by atoms with Crippen molar-refractivity contribution in [1.29, 1.82) is 0 Å². The minimum atomic E-state index is 0.321. The predicted octanol–water partition coefficient (Wildman–Crippen LogP) is 3.60. The molecular weight excluding hydrogens is 262 g/mol. The van der Waals surface area contributed by atoms with Crippen LogP contribution in [0.1, 0.15) is 24.1 Å². The minimum absolute atomic E-state index is 0.321. The highest BCUT2D eigenvalue weighted by Crippen LogP contribution is 2.17. The van der Waals surface area contributed by atoms with Gasteiger partial charge in [0.2, 0.25) is 0 Å². The van der Waals surface area contributed by atoms with Gasteiger partial charge in [-0.2, -0.15) is 0 Å². The molecule has 0 radical (unpaired) electrons. The molecule has 21 heavy (non-hydrogen) atoms. The van der Waals surface area contributed by atoms with Crippen molar-refractivity contribution in [3.8, 4) is 11.5 Å². The lowest BCUT2D eigenvalue weighted by molar-refractivity contribution is 0.414. The Hall–Kier alpha value is -2.00. The molecule has 3 heteroatoms. The van der Waals surface area contributed by atoms with Gasteiger partial charge in [0.1, 0.15) is 11.5 Å². The van der Waals surface area contributed by atoms with E-state index in [9.17, 15) is 0 Å². The molecule has 112 valence electrons. The summed E-state index contributed by atoms with van der Waals surface area (Å²) in [5.41, 5.74) is 2.55. The molecule has 0 spiro atoms. The monoisotopic (exact) mass is 285 g/mol. The zero-order valence-electron chi connectivity index (χ0n) is 12.9. The van der Waals surface area contributed by atoms with E-state index in [2.05, 4.69) is 36.5 Å². The smallest absolute Gasteiger partial charge is 0.119 e. The number of ether oxygens (including phenoxy) is 2. The molecule has 0 aliphatic heterocycles. The molecule has 0 bridgehead atoms. The van der Waals surface area contributed by atoms with Gasteiger partial charge in [0, 0.05) is 6.04 Å². The van der Waals surface area contributed by atoms with Crippen molar-refractivity contribution in [3.63, 3.8) is 0 Å². The highest BCUT2D eigenvalue weighted by atomic mass is 16.5. The van der Waals surface area contributed by atoms with Gasteiger partial charge in [0.05, 0.1) is 14.2 Å². The van der Waals surface area contributed by atoms with Crippen molar-refractivity contribution in [2.24, 2.45) is 0 Å². The Balaban J connectivity index is 1.84. The largest absolute Gasteiger partial charge is 0.497 e. The van der Waals surface area contributed by atoms with Gasteiger partial charge in [-0.25, -0.2) is 0 Å². The molecule has 0 saturated heterocycles. The van der Waals surface area contributed by atoms with Gasteiger partial charge >= 0.3 is 0 Å². The Morgan fingerprint density at radius 2 is 1.67 bits per heavy atom. The third-order valence-corrected chi connectivity index (χ3v) is 3.61. The summed E-state index contributed by atoms with van der Waals surface area (Å²) < 4.78 is 10.4. The maximum absolute atomic E-state index is 5.24. The van der Waals surface area contributed by atoms with Crippen LogP contribution in [0.4, 0.5) is 0 Å². The minimum Gasteiger partial charge on any atom is -0.497 e. The topological polar surface area (TPSA) is 30.5 Å². The van der Waals surface area contributed by atoms with Crippen LogP contribution >= 0.6 is 0 Å². The third kappa shape index (κ3) is 4.50. The summed E-state index contributed by atoms with van der Waals surface area (Å²) >= 11 is 0. The van der Waals surface area contributed by atoms with Gasteiger partial charge in [0.15, 0.2) is 0 Å². The van der Waals surface area contributed by atoms with Crippen LogP contribution in [0, 0.1) is 0 Å². The lowest BCUT2D eigenvalue weighted by Crippen LogP contribution is -2.21. The second-order valence-corrected chi connectivity index (χ2v) is 5.05. The van der Waals surface area contributed by atoms with E-state index >= 15 is 0 Å². The summed E-state index contributed by atoms with van der Waals surface area (Å²) in [6, 6.07) is 16.7. The number of methoxy groups -OCH3 is 2. The van der Waals surface area contributed by atoms with Gasteiger partial charge in [-0.3, -0.25) is 0 Å². The first-order chi connectivity index (χ1) is 10.2. The molecule has 0 heterocycles. The molecule has 0 aromatic heterocycles. The summed E-state index contributed by atoms with van der Waals surface area (Å²) in [6.07, 6.45) is 0.984. The summed E-state index contributed by atoms with van der Waals surface area (Å²) in [6.45, 7) is 3.10. The first-order valence-electron chi connectivity index (χ1n) is 7.23. The molecule has 0 aliphatic rings. The van der Waals surface area contributed by atoms with Crippen molar-refractivity contribution in [1.82, 2.24) is 5.32 Å². The van der Waals surface area contributed by atoms with Crippen LogP contribution in [0.25, 0.3) is 0 Å². The fraction of sp³-hybridized carbons (Fsp3) is 0.333. The van der Waals surface area contributed by atoms with E-state index in [-0.39, 0.29) is 0 Å². The van der Waals surface area contributed by atoms with Gasteiger partial charge in [-0.1, -0.05) is 24.3 Å². The summed E-state index contributed by atoms with van der Waals surface area (Å²) in [4.78, 5) is 0. The predicted molar refractivity (Wildman–Crippen MR) is 86.1 cm³/mol. The normalized spacial score (nSPS) is 12.0. The van der Waals surface area contributed by atoms with E-state index in [1.54, 1.807) is 14.2 Å². The molecule has 2 aromatic carbocycles. The van der Waals surface area contributed by atoms with Crippen molar-refractivity contribution >= 4 is 0 Å². The molecule has 0 aliphatic carbocycles. The fourth-order valence-corrected chi connectivity index (χ4v) is 2.27. The lowest BCUT2D eigenvalue weighted by atomic mass is 10.1. The second-order valence-electron chi connectivity index (χ2n) is 5.05. The molecule has 2 aromatic rings. The van der Waals surface area contributed by atoms with Crippen molar-refractivity contribution < 1.29 is 9.47 Å². The Kier molecular flexibility index (Phi) is 5.64. The Bertz CT molecular complexity index is 551. The first kappa shape index (κ1) is 15.4. The van der Waals surface area contributed by atoms with E-state index < -0.39 is 0 Å². The van der Waals surface area contributed by atoms with Crippen LogP contribution in [0.3, 0.4) is 0 Å². The molecule has 0 fully saturated rings. The SMILES string of the molecule is COc1ccc(C(C)NCCc2cccc(OC)c2)cc1. The van der Waals surface area contributed by atoms with Crippen LogP contribution in [-0.2, 0) is 6.42 Å². The first-order valence-corrected chi connectivity index (χ1v) is 7.23. The standard InChI is InChI=1S/C18H23NO2/c1-14(16-7-9-17(20-2)10-8-16)19-12-11-15-5-4-6-18(13-15)21-3/h4-10,13-14,19H,11-12H2,1-3H3. The Labute approximate surface area is 126 Å². The molecular formula is C18H23NO2. The molecule has 1 unspecified atom stereocenters. The number of rotatable bonds is 7. The van der Waals surface area contributed by atoms with E-state index in [0.29, 0.717) is 6.04 Å². The zero-order valence-corrected chi connectivity index (χ0v) is 12.9. The average molecular weight is 285 g/mol. The maximum Gasteiger partial charge on any atom is 0.119 e. The number of nitrogens with one attached hydrogen (secondary N) is 1. The van der Waals surface area contributed by atoms with Gasteiger partial charge in [0.25, 0.3) is 0 Å². The third-order valence-electron chi connectivity index (χ3n) is 3.61. The van der Waals surface area contributed by atoms with E-state index in [1.165, 1.54) is 11.1 Å². The van der Waals surface area contributed by atoms with Crippen molar-refractivity contribution in [2.45, 2.75) is 19.4 Å². The number of hydrogen-bond donors (Lipinski definition) is 1. The Morgan fingerprint density at radius 1 is 0.952 bits per heavy atom. The van der Waals surface area contributed by atoms with E-state index in [4.69, 9.17) is 9.47 Å². The number of hydrogen-bond acceptors (Lipinski definition) is 3. The maximum atomic E-state index is 5.24. The lowest BCUT2D eigenvalue weighted by Gasteiger charge is -2.15. The van der Waals surface area contributed by atoms with E-state index in [1.807, 2.05) is 24.3 Å². The molecule has 0 saturated carbocycles. The Morgan fingerprint density at radius 3 is 2.33 bits per heavy atom. The molecule has 0 amide bonds. The van der Waals surface area contributed by atoms with Crippen molar-refractivity contribution in [2.75, 3.05) is 20.8 Å². The average Bonchev–Trinajstić information content (AvgIpc) is 2.55. The van der Waals surface area contributed by atoms with Gasteiger partial charge < -0.3 is 14.8 Å². The molecule has 2 rings (SSSR count). The second kappa shape index (κ2) is 7.70. The van der Waals surface area contributed by atoms with Gasteiger partial charge in [-0.05, 0) is 55.3 Å². The summed E-state index contributed by atoms with van der Waals surface area (Å²) in [5.74, 6) is 1.80. The highest BCUT2D eigenvalue weighted by Gasteiger charge is 2.05. The van der Waals surface area contributed by atoms with Crippen LogP contribution in [0.5, 0.6) is 11.5 Å². The number of benzene rings is 2. The van der Waals surface area contributed by atoms with Crippen LogP contribution in [0.2, 0.25) is 0 Å². The molecule has 3 nitrogen and oxygen atoms in total. The molecule has 1 atom stereocenters. The van der Waals surface area contributed by atoms with Crippen LogP contribution in [0.15, 0.2) is 48.5 Å². The van der Waals surface area contributed by atoms with E-state index in [0.717, 1.165) is 24.5 Å². The molecule has 1 N–H and O–H groups in total. The fourth-order valence-electron chi connectivity index (χ4n) is 2.27. The summed E-state index contributed by atoms with van der Waals surface area (Å²) in [7, 11) is 3.38. The summed E-state index contributed by atoms with van der Waals surface area (Å²) in [5, 5.41) is 3.54. The van der Waals surface area contributed by atoms with Gasteiger partial charge in [-0.15, -0.1) is 0 Å². The quantitative estimate of drug-likeness (QED) is 0.843. The zero-order chi connectivity index (χ0) is 15.1. The van der Waals surface area contributed by atoms with Crippen LogP contribution < -0.4 is 14.8 Å². The van der Waals surface area contributed by atoms with Crippen molar-refractivity contribution in [3.05, 3.63) is 59.7 Å². The van der Waals surface area contributed by atoms with Crippen LogP contribution in [-0.4, -0.2) is 20.8 Å².